The number of carbonyl (C=O) groups excluding carboxylic acids is 1. The fourth-order valence-corrected chi connectivity index (χ4v) is 4.03. The minimum absolute atomic E-state index is 0.211. The quantitative estimate of drug-likeness (QED) is 0.946. The summed E-state index contributed by atoms with van der Waals surface area (Å²) in [7, 11) is 0. The molecule has 2 atom stereocenters. The Morgan fingerprint density at radius 3 is 2.77 bits per heavy atom. The molecule has 0 aliphatic carbocycles. The summed E-state index contributed by atoms with van der Waals surface area (Å²) in [5, 5.41) is 3.04. The van der Waals surface area contributed by atoms with Gasteiger partial charge in [-0.1, -0.05) is 30.3 Å². The molecule has 1 N–H and O–H groups in total. The smallest absolute Gasteiger partial charge is 0.228 e. The van der Waals surface area contributed by atoms with Crippen LogP contribution in [0.4, 0.5) is 0 Å². The van der Waals surface area contributed by atoms with Crippen molar-refractivity contribution < 1.29 is 9.21 Å². The van der Waals surface area contributed by atoms with Crippen LogP contribution in [0.15, 0.2) is 53.1 Å². The first-order valence-electron chi connectivity index (χ1n) is 7.86. The van der Waals surface area contributed by atoms with E-state index in [0.29, 0.717) is 0 Å². The van der Waals surface area contributed by atoms with Gasteiger partial charge in [-0.3, -0.25) is 9.69 Å². The van der Waals surface area contributed by atoms with Gasteiger partial charge in [-0.15, -0.1) is 0 Å². The second kappa shape index (κ2) is 5.29. The van der Waals surface area contributed by atoms with Crippen LogP contribution in [0, 0.1) is 5.41 Å². The molecule has 2 aliphatic rings. The lowest BCUT2D eigenvalue weighted by molar-refractivity contribution is -0.127. The number of carbonyl (C=O) groups is 1. The van der Waals surface area contributed by atoms with E-state index in [-0.39, 0.29) is 17.2 Å². The van der Waals surface area contributed by atoms with Gasteiger partial charge in [-0.25, -0.2) is 0 Å². The van der Waals surface area contributed by atoms with Crippen LogP contribution in [-0.2, 0) is 11.3 Å². The lowest BCUT2D eigenvalue weighted by Gasteiger charge is -2.27. The third-order valence-corrected chi connectivity index (χ3v) is 5.08. The van der Waals surface area contributed by atoms with Crippen molar-refractivity contribution in [2.24, 2.45) is 5.41 Å². The van der Waals surface area contributed by atoms with Crippen molar-refractivity contribution >= 4 is 5.91 Å². The Bertz CT molecular complexity index is 653. The fourth-order valence-electron chi connectivity index (χ4n) is 4.03. The van der Waals surface area contributed by atoms with Gasteiger partial charge in [0.25, 0.3) is 0 Å². The summed E-state index contributed by atoms with van der Waals surface area (Å²) < 4.78 is 5.47. The molecule has 2 saturated heterocycles. The van der Waals surface area contributed by atoms with Gasteiger partial charge in [0, 0.05) is 25.6 Å². The van der Waals surface area contributed by atoms with E-state index < -0.39 is 0 Å². The van der Waals surface area contributed by atoms with Crippen LogP contribution in [0.25, 0.3) is 0 Å². The molecule has 1 aromatic carbocycles. The number of amides is 1. The summed E-state index contributed by atoms with van der Waals surface area (Å²) in [6.07, 6.45) is 2.62. The third kappa shape index (κ3) is 2.15. The molecule has 1 aromatic heterocycles. The van der Waals surface area contributed by atoms with Crippen LogP contribution in [0.5, 0.6) is 0 Å². The highest BCUT2D eigenvalue weighted by molar-refractivity contribution is 5.86. The predicted octanol–water partition coefficient (Wildman–Crippen LogP) is 2.39. The molecular weight excluding hydrogens is 276 g/mol. The van der Waals surface area contributed by atoms with E-state index in [9.17, 15) is 4.79 Å². The lowest BCUT2D eigenvalue weighted by atomic mass is 9.73. The van der Waals surface area contributed by atoms with Crippen LogP contribution < -0.4 is 5.32 Å². The molecule has 2 aromatic rings. The van der Waals surface area contributed by atoms with E-state index >= 15 is 0 Å². The minimum atomic E-state index is -0.284. The zero-order chi connectivity index (χ0) is 15.0. The lowest BCUT2D eigenvalue weighted by Crippen LogP contribution is -2.37. The van der Waals surface area contributed by atoms with E-state index in [1.54, 1.807) is 6.26 Å². The van der Waals surface area contributed by atoms with Gasteiger partial charge >= 0.3 is 0 Å². The van der Waals surface area contributed by atoms with Gasteiger partial charge in [0.1, 0.15) is 5.76 Å². The highest BCUT2D eigenvalue weighted by atomic mass is 16.3. The van der Waals surface area contributed by atoms with Crippen LogP contribution in [0.2, 0.25) is 0 Å². The first-order valence-corrected chi connectivity index (χ1v) is 7.86. The Morgan fingerprint density at radius 2 is 2.09 bits per heavy atom. The number of likely N-dealkylation sites (tertiary alicyclic amines) is 1. The Morgan fingerprint density at radius 1 is 1.23 bits per heavy atom. The van der Waals surface area contributed by atoms with Crippen molar-refractivity contribution in [2.45, 2.75) is 18.9 Å². The SMILES string of the molecule is O=C1NCC[C@]12CN(Cc1ccco1)C[C@H]2c1ccccc1. The summed E-state index contributed by atoms with van der Waals surface area (Å²) in [6.45, 7) is 3.26. The van der Waals surface area contributed by atoms with Crippen LogP contribution >= 0.6 is 0 Å². The van der Waals surface area contributed by atoms with Gasteiger partial charge in [-0.2, -0.15) is 0 Å². The number of rotatable bonds is 3. The summed E-state index contributed by atoms with van der Waals surface area (Å²) in [5.74, 6) is 1.43. The molecule has 4 heteroatoms. The largest absolute Gasteiger partial charge is 0.468 e. The monoisotopic (exact) mass is 296 g/mol. The van der Waals surface area contributed by atoms with Crippen molar-refractivity contribution in [1.82, 2.24) is 10.2 Å². The topological polar surface area (TPSA) is 45.5 Å². The molecule has 3 heterocycles. The maximum Gasteiger partial charge on any atom is 0.228 e. The van der Waals surface area contributed by atoms with E-state index in [4.69, 9.17) is 4.42 Å². The van der Waals surface area contributed by atoms with Crippen LogP contribution in [0.3, 0.4) is 0 Å². The summed E-state index contributed by atoms with van der Waals surface area (Å²) in [6, 6.07) is 14.4. The van der Waals surface area contributed by atoms with Crippen LogP contribution in [-0.4, -0.2) is 30.4 Å². The van der Waals surface area contributed by atoms with Gasteiger partial charge in [0.05, 0.1) is 18.2 Å². The molecule has 1 spiro atoms. The molecule has 22 heavy (non-hydrogen) atoms. The molecular formula is C18H20N2O2. The molecule has 0 saturated carbocycles. The average molecular weight is 296 g/mol. The normalized spacial score (nSPS) is 28.4. The van der Waals surface area contributed by atoms with Gasteiger partial charge in [-0.05, 0) is 24.1 Å². The van der Waals surface area contributed by atoms with E-state index in [1.165, 1.54) is 5.56 Å². The van der Waals surface area contributed by atoms with Crippen molar-refractivity contribution in [1.29, 1.82) is 0 Å². The number of nitrogens with one attached hydrogen (secondary N) is 1. The highest BCUT2D eigenvalue weighted by Crippen LogP contribution is 2.47. The molecule has 4 nitrogen and oxygen atoms in total. The van der Waals surface area contributed by atoms with E-state index in [2.05, 4.69) is 34.5 Å². The molecule has 114 valence electrons. The Balaban J connectivity index is 1.64. The zero-order valence-electron chi connectivity index (χ0n) is 12.5. The Hall–Kier alpha value is -2.07. The zero-order valence-corrected chi connectivity index (χ0v) is 12.5. The second-order valence-corrected chi connectivity index (χ2v) is 6.37. The van der Waals surface area contributed by atoms with E-state index in [1.807, 2.05) is 18.2 Å². The van der Waals surface area contributed by atoms with E-state index in [0.717, 1.165) is 38.4 Å². The predicted molar refractivity (Wildman–Crippen MR) is 83.2 cm³/mol. The maximum atomic E-state index is 12.6. The molecule has 4 rings (SSSR count). The summed E-state index contributed by atoms with van der Waals surface area (Å²) in [5.41, 5.74) is 0.981. The molecule has 2 fully saturated rings. The first kappa shape index (κ1) is 13.6. The second-order valence-electron chi connectivity index (χ2n) is 6.37. The number of hydrogen-bond acceptors (Lipinski definition) is 3. The van der Waals surface area contributed by atoms with Gasteiger partial charge < -0.3 is 9.73 Å². The Labute approximate surface area is 130 Å². The number of benzene rings is 1. The van der Waals surface area contributed by atoms with Crippen molar-refractivity contribution in [3.8, 4) is 0 Å². The maximum absolute atomic E-state index is 12.6. The van der Waals surface area contributed by atoms with Gasteiger partial charge in [0.2, 0.25) is 5.91 Å². The first-order chi connectivity index (χ1) is 10.8. The third-order valence-electron chi connectivity index (χ3n) is 5.08. The standard InChI is InChI=1S/C18H20N2O2/c21-17-18(8-9-19-17)13-20(11-15-7-4-10-22-15)12-16(18)14-5-2-1-3-6-14/h1-7,10,16H,8-9,11-13H2,(H,19,21)/t16-,18+/m0/s1. The fraction of sp³-hybridized carbons (Fsp3) is 0.389. The average Bonchev–Trinajstić information content (AvgIpc) is 3.25. The summed E-state index contributed by atoms with van der Waals surface area (Å²) >= 11 is 0. The number of hydrogen-bond donors (Lipinski definition) is 1. The molecule has 0 bridgehead atoms. The van der Waals surface area contributed by atoms with Crippen LogP contribution in [0.1, 0.15) is 23.7 Å². The number of nitrogens with zero attached hydrogens (tertiary/aromatic N) is 1. The molecule has 2 aliphatic heterocycles. The van der Waals surface area contributed by atoms with Crippen molar-refractivity contribution in [3.05, 3.63) is 60.1 Å². The molecule has 1 amide bonds. The molecule has 0 unspecified atom stereocenters. The summed E-state index contributed by atoms with van der Waals surface area (Å²) in [4.78, 5) is 14.9. The Kier molecular flexibility index (Phi) is 3.26. The number of furan rings is 1. The molecule has 0 radical (unpaired) electrons. The van der Waals surface area contributed by atoms with Gasteiger partial charge in [0.15, 0.2) is 0 Å². The van der Waals surface area contributed by atoms with Crippen molar-refractivity contribution in [2.75, 3.05) is 19.6 Å². The highest BCUT2D eigenvalue weighted by Gasteiger charge is 2.54. The minimum Gasteiger partial charge on any atom is -0.468 e. The van der Waals surface area contributed by atoms with Crippen molar-refractivity contribution in [3.63, 3.8) is 0 Å².